The predicted molar refractivity (Wildman–Crippen MR) is 85.8 cm³/mol. The maximum Gasteiger partial charge on any atom is 0.161 e. The fourth-order valence-corrected chi connectivity index (χ4v) is 2.90. The van der Waals surface area contributed by atoms with E-state index in [-0.39, 0.29) is 0 Å². The topological polar surface area (TPSA) is 90.0 Å². The number of hydrogen-bond acceptors (Lipinski definition) is 6. The van der Waals surface area contributed by atoms with Crippen molar-refractivity contribution in [2.75, 3.05) is 31.5 Å². The van der Waals surface area contributed by atoms with E-state index in [1.54, 1.807) is 6.20 Å². The Bertz CT molecular complexity index is 620. The molecule has 22 heavy (non-hydrogen) atoms. The van der Waals surface area contributed by atoms with E-state index >= 15 is 0 Å². The molecule has 1 atom stereocenters. The van der Waals surface area contributed by atoms with Crippen LogP contribution in [0.15, 0.2) is 6.20 Å². The largest absolute Gasteiger partial charge is 0.390 e. The van der Waals surface area contributed by atoms with Gasteiger partial charge < -0.3 is 15.3 Å². The summed E-state index contributed by atoms with van der Waals surface area (Å²) in [5.74, 6) is 2.21. The SMILES string of the molecule is Cc1nc(NCC(O)CN2CCC(C)CC2)c2cn[nH]c2n1. The molecule has 1 saturated heterocycles. The number of aryl methyl sites for hydroxylation is 1. The van der Waals surface area contributed by atoms with Crippen molar-refractivity contribution in [3.63, 3.8) is 0 Å². The number of aromatic nitrogens is 4. The lowest BCUT2D eigenvalue weighted by atomic mass is 9.99. The summed E-state index contributed by atoms with van der Waals surface area (Å²) in [4.78, 5) is 11.0. The Morgan fingerprint density at radius 3 is 2.95 bits per heavy atom. The lowest BCUT2D eigenvalue weighted by Crippen LogP contribution is -2.40. The van der Waals surface area contributed by atoms with Crippen LogP contribution >= 0.6 is 0 Å². The van der Waals surface area contributed by atoms with Crippen LogP contribution in [0.1, 0.15) is 25.6 Å². The number of anilines is 1. The van der Waals surface area contributed by atoms with Crippen LogP contribution in [-0.4, -0.2) is 62.5 Å². The second-order valence-corrected chi connectivity index (χ2v) is 6.27. The molecule has 0 spiro atoms. The van der Waals surface area contributed by atoms with Gasteiger partial charge in [-0.1, -0.05) is 6.92 Å². The Labute approximate surface area is 130 Å². The van der Waals surface area contributed by atoms with Gasteiger partial charge in [0.05, 0.1) is 17.7 Å². The smallest absolute Gasteiger partial charge is 0.161 e. The quantitative estimate of drug-likeness (QED) is 0.768. The number of β-amino-alcohol motifs (C(OH)–C–C–N with tert-alkyl or cyclic N) is 1. The minimum absolute atomic E-state index is 0.411. The molecule has 0 amide bonds. The van der Waals surface area contributed by atoms with Gasteiger partial charge >= 0.3 is 0 Å². The molecular weight excluding hydrogens is 280 g/mol. The lowest BCUT2D eigenvalue weighted by Gasteiger charge is -2.31. The summed E-state index contributed by atoms with van der Waals surface area (Å²) in [5.41, 5.74) is 0.717. The van der Waals surface area contributed by atoms with Gasteiger partial charge in [0.25, 0.3) is 0 Å². The van der Waals surface area contributed by atoms with E-state index in [4.69, 9.17) is 0 Å². The molecule has 0 radical (unpaired) electrons. The summed E-state index contributed by atoms with van der Waals surface area (Å²) in [7, 11) is 0. The number of piperidine rings is 1. The van der Waals surface area contributed by atoms with E-state index < -0.39 is 6.10 Å². The van der Waals surface area contributed by atoms with E-state index in [1.165, 1.54) is 12.8 Å². The third-order valence-corrected chi connectivity index (χ3v) is 4.27. The van der Waals surface area contributed by atoms with Crippen molar-refractivity contribution in [3.05, 3.63) is 12.0 Å². The molecule has 3 N–H and O–H groups in total. The van der Waals surface area contributed by atoms with Crippen LogP contribution in [0, 0.1) is 12.8 Å². The molecule has 2 aromatic rings. The summed E-state index contributed by atoms with van der Waals surface area (Å²) in [5, 5.41) is 21.2. The molecule has 7 heteroatoms. The van der Waals surface area contributed by atoms with Gasteiger partial charge in [-0.2, -0.15) is 5.10 Å². The third-order valence-electron chi connectivity index (χ3n) is 4.27. The highest BCUT2D eigenvalue weighted by Crippen LogP contribution is 2.18. The number of fused-ring (bicyclic) bond motifs is 1. The van der Waals surface area contributed by atoms with Crippen molar-refractivity contribution < 1.29 is 5.11 Å². The second-order valence-electron chi connectivity index (χ2n) is 6.27. The molecule has 3 heterocycles. The fraction of sp³-hybridized carbons (Fsp3) is 0.667. The lowest BCUT2D eigenvalue weighted by molar-refractivity contribution is 0.0990. The average Bonchev–Trinajstić information content (AvgIpc) is 2.95. The van der Waals surface area contributed by atoms with Gasteiger partial charge in [-0.25, -0.2) is 9.97 Å². The number of rotatable bonds is 5. The molecule has 120 valence electrons. The van der Waals surface area contributed by atoms with Gasteiger partial charge in [0.15, 0.2) is 5.65 Å². The van der Waals surface area contributed by atoms with E-state index in [0.29, 0.717) is 18.9 Å². The molecule has 0 aliphatic carbocycles. The van der Waals surface area contributed by atoms with E-state index in [9.17, 15) is 5.11 Å². The molecule has 1 fully saturated rings. The molecule has 0 saturated carbocycles. The van der Waals surface area contributed by atoms with Crippen LogP contribution < -0.4 is 5.32 Å². The summed E-state index contributed by atoms with van der Waals surface area (Å²) in [6.45, 7) is 7.48. The van der Waals surface area contributed by atoms with Crippen LogP contribution in [0.4, 0.5) is 5.82 Å². The first-order chi connectivity index (χ1) is 10.6. The first-order valence-corrected chi connectivity index (χ1v) is 7.94. The standard InChI is InChI=1S/C15H24N6O/c1-10-3-5-21(6-4-10)9-12(22)7-16-14-13-8-17-20-15(13)19-11(2)18-14/h8,10,12,22H,3-7,9H2,1-2H3,(H2,16,17,18,19,20). The highest BCUT2D eigenvalue weighted by Gasteiger charge is 2.18. The Morgan fingerprint density at radius 1 is 1.41 bits per heavy atom. The first-order valence-electron chi connectivity index (χ1n) is 7.94. The maximum absolute atomic E-state index is 10.2. The zero-order valence-corrected chi connectivity index (χ0v) is 13.2. The highest BCUT2D eigenvalue weighted by molar-refractivity contribution is 5.85. The summed E-state index contributed by atoms with van der Waals surface area (Å²) >= 11 is 0. The average molecular weight is 304 g/mol. The third kappa shape index (κ3) is 3.53. The number of H-pyrrole nitrogens is 1. The second kappa shape index (κ2) is 6.58. The van der Waals surface area contributed by atoms with E-state index in [2.05, 4.69) is 37.3 Å². The first kappa shape index (κ1) is 15.2. The Kier molecular flexibility index (Phi) is 4.54. The highest BCUT2D eigenvalue weighted by atomic mass is 16.3. The number of aliphatic hydroxyl groups excluding tert-OH is 1. The van der Waals surface area contributed by atoms with Crippen LogP contribution in [0.3, 0.4) is 0 Å². The van der Waals surface area contributed by atoms with Gasteiger partial charge in [-0.05, 0) is 38.8 Å². The van der Waals surface area contributed by atoms with Crippen molar-refractivity contribution in [1.29, 1.82) is 0 Å². The molecule has 0 bridgehead atoms. The number of likely N-dealkylation sites (tertiary alicyclic amines) is 1. The Balaban J connectivity index is 1.56. The van der Waals surface area contributed by atoms with Crippen LogP contribution in [0.2, 0.25) is 0 Å². The van der Waals surface area contributed by atoms with Gasteiger partial charge in [0, 0.05) is 13.1 Å². The van der Waals surface area contributed by atoms with Gasteiger partial charge in [-0.15, -0.1) is 0 Å². The Morgan fingerprint density at radius 2 is 2.18 bits per heavy atom. The Hall–Kier alpha value is -1.73. The number of aliphatic hydroxyl groups is 1. The van der Waals surface area contributed by atoms with Crippen molar-refractivity contribution in [1.82, 2.24) is 25.1 Å². The fourth-order valence-electron chi connectivity index (χ4n) is 2.90. The number of nitrogens with zero attached hydrogens (tertiary/aromatic N) is 4. The molecule has 1 aliphatic heterocycles. The maximum atomic E-state index is 10.2. The van der Waals surface area contributed by atoms with Crippen molar-refractivity contribution >= 4 is 16.9 Å². The predicted octanol–water partition coefficient (Wildman–Crippen LogP) is 1.17. The minimum Gasteiger partial charge on any atom is -0.390 e. The van der Waals surface area contributed by atoms with Gasteiger partial charge in [0.1, 0.15) is 11.6 Å². The molecule has 7 nitrogen and oxygen atoms in total. The number of hydrogen-bond donors (Lipinski definition) is 3. The molecule has 1 aliphatic rings. The van der Waals surface area contributed by atoms with Crippen molar-refractivity contribution in [2.45, 2.75) is 32.8 Å². The zero-order chi connectivity index (χ0) is 15.5. The van der Waals surface area contributed by atoms with E-state index in [0.717, 1.165) is 35.9 Å². The van der Waals surface area contributed by atoms with Crippen LogP contribution in [-0.2, 0) is 0 Å². The molecule has 3 rings (SSSR count). The van der Waals surface area contributed by atoms with Crippen molar-refractivity contribution in [3.8, 4) is 0 Å². The summed E-state index contributed by atoms with van der Waals surface area (Å²) < 4.78 is 0. The number of nitrogens with one attached hydrogen (secondary N) is 2. The summed E-state index contributed by atoms with van der Waals surface area (Å²) in [6, 6.07) is 0. The molecule has 1 unspecified atom stereocenters. The minimum atomic E-state index is -0.411. The van der Waals surface area contributed by atoms with Crippen molar-refractivity contribution in [2.24, 2.45) is 5.92 Å². The van der Waals surface area contributed by atoms with Crippen LogP contribution in [0.5, 0.6) is 0 Å². The molecule has 2 aromatic heterocycles. The molecular formula is C15H24N6O. The van der Waals surface area contributed by atoms with E-state index in [1.807, 2.05) is 6.92 Å². The zero-order valence-electron chi connectivity index (χ0n) is 13.2. The van der Waals surface area contributed by atoms with Gasteiger partial charge in [-0.3, -0.25) is 5.10 Å². The monoisotopic (exact) mass is 304 g/mol. The summed E-state index contributed by atoms with van der Waals surface area (Å²) in [6.07, 6.45) is 3.74. The normalized spacial score (nSPS) is 18.7. The number of aromatic amines is 1. The molecule has 0 aromatic carbocycles. The van der Waals surface area contributed by atoms with Crippen LogP contribution in [0.25, 0.3) is 11.0 Å². The van der Waals surface area contributed by atoms with Gasteiger partial charge in [0.2, 0.25) is 0 Å².